The molecular formula is C11H8N2OS. The second-order valence-electron chi connectivity index (χ2n) is 3.00. The predicted molar refractivity (Wildman–Crippen MR) is 63.0 cm³/mol. The fourth-order valence-corrected chi connectivity index (χ4v) is 2.31. The Morgan fingerprint density at radius 1 is 1.47 bits per heavy atom. The Bertz CT molecular complexity index is 565. The van der Waals surface area contributed by atoms with E-state index in [1.165, 1.54) is 11.3 Å². The summed E-state index contributed by atoms with van der Waals surface area (Å²) in [6.45, 7) is 0. The lowest BCUT2D eigenvalue weighted by atomic mass is 10.2. The lowest BCUT2D eigenvalue weighted by Gasteiger charge is -1.92. The highest BCUT2D eigenvalue weighted by Gasteiger charge is 2.03. The number of anilines is 1. The molecule has 1 aromatic heterocycles. The number of thiophene rings is 1. The molecule has 0 bridgehead atoms. The summed E-state index contributed by atoms with van der Waals surface area (Å²) in [6, 6.07) is 7.01. The Hall–Kier alpha value is -1.99. The number of urea groups is 1. The van der Waals surface area contributed by atoms with E-state index < -0.39 is 6.03 Å². The van der Waals surface area contributed by atoms with Crippen molar-refractivity contribution in [3.63, 3.8) is 0 Å². The molecule has 0 atom stereocenters. The van der Waals surface area contributed by atoms with Crippen LogP contribution in [0.4, 0.5) is 9.80 Å². The van der Waals surface area contributed by atoms with E-state index in [1.807, 2.05) is 24.3 Å². The van der Waals surface area contributed by atoms with Crippen LogP contribution in [0.25, 0.3) is 10.1 Å². The fourth-order valence-electron chi connectivity index (χ4n) is 1.30. The van der Waals surface area contributed by atoms with Crippen LogP contribution in [0.2, 0.25) is 0 Å². The van der Waals surface area contributed by atoms with Gasteiger partial charge in [-0.1, -0.05) is 12.0 Å². The van der Waals surface area contributed by atoms with Crippen molar-refractivity contribution in [2.45, 2.75) is 0 Å². The number of amides is 2. The zero-order valence-electron chi connectivity index (χ0n) is 7.78. The lowest BCUT2D eigenvalue weighted by Crippen LogP contribution is -2.18. The molecule has 0 radical (unpaired) electrons. The molecule has 1 aromatic carbocycles. The number of hydrogen-bond acceptors (Lipinski definition) is 2. The number of carbonyl (C=O) groups is 1. The molecule has 4 heteroatoms. The first kappa shape index (κ1) is 9.56. The molecule has 0 saturated carbocycles. The number of hydrogen-bond donors (Lipinski definition) is 2. The van der Waals surface area contributed by atoms with Gasteiger partial charge in [0.25, 0.3) is 0 Å². The molecule has 0 fully saturated rings. The Morgan fingerprint density at radius 3 is 2.93 bits per heavy atom. The molecule has 3 N–H and O–H groups in total. The van der Waals surface area contributed by atoms with Crippen LogP contribution < -0.4 is 11.1 Å². The zero-order valence-corrected chi connectivity index (χ0v) is 8.60. The molecule has 74 valence electrons. The summed E-state index contributed by atoms with van der Waals surface area (Å²) in [5.41, 5.74) is 5.86. The summed E-state index contributed by atoms with van der Waals surface area (Å²) in [4.78, 5) is 10.7. The van der Waals surface area contributed by atoms with Crippen LogP contribution in [0.15, 0.2) is 24.3 Å². The molecule has 0 unspecified atom stereocenters. The molecule has 2 rings (SSSR count). The summed E-state index contributed by atoms with van der Waals surface area (Å²) in [7, 11) is 0. The second-order valence-corrected chi connectivity index (χ2v) is 4.08. The first-order valence-electron chi connectivity index (χ1n) is 4.26. The van der Waals surface area contributed by atoms with E-state index >= 15 is 0 Å². The first-order chi connectivity index (χ1) is 7.19. The minimum Gasteiger partial charge on any atom is -0.351 e. The standard InChI is InChI=1S/C11H8N2OS/c1-2-7-3-4-8-6-10(13-11(12)14)15-9(8)5-7/h1,3-6H,(H3,12,13,14). The van der Waals surface area contributed by atoms with Gasteiger partial charge in [-0.15, -0.1) is 17.8 Å². The van der Waals surface area contributed by atoms with Gasteiger partial charge >= 0.3 is 6.03 Å². The topological polar surface area (TPSA) is 55.1 Å². The molecule has 0 spiro atoms. The summed E-state index contributed by atoms with van der Waals surface area (Å²) in [6.07, 6.45) is 5.29. The number of primary amides is 1. The molecular weight excluding hydrogens is 208 g/mol. The van der Waals surface area contributed by atoms with Crippen molar-refractivity contribution >= 4 is 32.5 Å². The predicted octanol–water partition coefficient (Wildman–Crippen LogP) is 2.37. The molecule has 0 aliphatic carbocycles. The van der Waals surface area contributed by atoms with Gasteiger partial charge in [0, 0.05) is 10.3 Å². The van der Waals surface area contributed by atoms with Gasteiger partial charge in [0.2, 0.25) is 0 Å². The molecule has 1 heterocycles. The fraction of sp³-hybridized carbons (Fsp3) is 0. The third-order valence-electron chi connectivity index (χ3n) is 1.93. The van der Waals surface area contributed by atoms with E-state index in [2.05, 4.69) is 11.2 Å². The summed E-state index contributed by atoms with van der Waals surface area (Å²) in [5.74, 6) is 2.56. The quantitative estimate of drug-likeness (QED) is 0.706. The van der Waals surface area contributed by atoms with Crippen molar-refractivity contribution in [2.75, 3.05) is 5.32 Å². The summed E-state index contributed by atoms with van der Waals surface area (Å²) >= 11 is 1.45. The Morgan fingerprint density at radius 2 is 2.27 bits per heavy atom. The average Bonchev–Trinajstić information content (AvgIpc) is 2.57. The molecule has 0 aliphatic heterocycles. The third kappa shape index (κ3) is 1.92. The minimum atomic E-state index is -0.557. The van der Waals surface area contributed by atoms with Crippen molar-refractivity contribution in [3.05, 3.63) is 29.8 Å². The number of carbonyl (C=O) groups excluding carboxylic acids is 1. The van der Waals surface area contributed by atoms with Crippen LogP contribution >= 0.6 is 11.3 Å². The maximum Gasteiger partial charge on any atom is 0.317 e. The first-order valence-corrected chi connectivity index (χ1v) is 5.07. The van der Waals surface area contributed by atoms with E-state index in [0.29, 0.717) is 0 Å². The van der Waals surface area contributed by atoms with Gasteiger partial charge in [-0.2, -0.15) is 0 Å². The van der Waals surface area contributed by atoms with Crippen LogP contribution in [0.3, 0.4) is 0 Å². The molecule has 2 aromatic rings. The Labute approximate surface area is 90.9 Å². The number of rotatable bonds is 1. The monoisotopic (exact) mass is 216 g/mol. The molecule has 15 heavy (non-hydrogen) atoms. The van der Waals surface area contributed by atoms with Gasteiger partial charge < -0.3 is 5.73 Å². The minimum absolute atomic E-state index is 0.557. The van der Waals surface area contributed by atoms with Crippen molar-refractivity contribution < 1.29 is 4.79 Å². The largest absolute Gasteiger partial charge is 0.351 e. The lowest BCUT2D eigenvalue weighted by molar-refractivity contribution is 0.259. The highest BCUT2D eigenvalue weighted by atomic mass is 32.1. The van der Waals surface area contributed by atoms with E-state index in [-0.39, 0.29) is 0 Å². The Balaban J connectivity index is 2.47. The third-order valence-corrected chi connectivity index (χ3v) is 2.95. The van der Waals surface area contributed by atoms with Crippen molar-refractivity contribution in [2.24, 2.45) is 5.73 Å². The van der Waals surface area contributed by atoms with Crippen molar-refractivity contribution in [3.8, 4) is 12.3 Å². The van der Waals surface area contributed by atoms with Crippen LogP contribution in [0.1, 0.15) is 5.56 Å². The summed E-state index contributed by atoms with van der Waals surface area (Å²) < 4.78 is 1.04. The second kappa shape index (κ2) is 3.64. The van der Waals surface area contributed by atoms with Crippen LogP contribution in [-0.4, -0.2) is 6.03 Å². The molecule has 2 amide bonds. The normalized spacial score (nSPS) is 9.80. The van der Waals surface area contributed by atoms with E-state index in [9.17, 15) is 4.79 Å². The van der Waals surface area contributed by atoms with Gasteiger partial charge in [-0.25, -0.2) is 4.79 Å². The van der Waals surface area contributed by atoms with Crippen LogP contribution in [-0.2, 0) is 0 Å². The van der Waals surface area contributed by atoms with Gasteiger partial charge in [0.15, 0.2) is 0 Å². The molecule has 0 aliphatic rings. The maximum atomic E-state index is 10.7. The van der Waals surface area contributed by atoms with Crippen molar-refractivity contribution in [1.29, 1.82) is 0 Å². The number of nitrogens with one attached hydrogen (secondary N) is 1. The van der Waals surface area contributed by atoms with Gasteiger partial charge in [-0.3, -0.25) is 5.32 Å². The number of terminal acetylenes is 1. The smallest absolute Gasteiger partial charge is 0.317 e. The van der Waals surface area contributed by atoms with E-state index in [4.69, 9.17) is 12.2 Å². The van der Waals surface area contributed by atoms with Gasteiger partial charge in [0.1, 0.15) is 0 Å². The maximum absolute atomic E-state index is 10.7. The van der Waals surface area contributed by atoms with E-state index in [1.54, 1.807) is 0 Å². The number of fused-ring (bicyclic) bond motifs is 1. The van der Waals surface area contributed by atoms with Crippen molar-refractivity contribution in [1.82, 2.24) is 0 Å². The van der Waals surface area contributed by atoms with E-state index in [0.717, 1.165) is 20.7 Å². The SMILES string of the molecule is C#Cc1ccc2cc(NC(N)=O)sc2c1. The molecule has 0 saturated heterocycles. The zero-order chi connectivity index (χ0) is 10.8. The number of benzene rings is 1. The van der Waals surface area contributed by atoms with Crippen LogP contribution in [0, 0.1) is 12.3 Å². The van der Waals surface area contributed by atoms with Gasteiger partial charge in [0.05, 0.1) is 5.00 Å². The highest BCUT2D eigenvalue weighted by Crippen LogP contribution is 2.30. The Kier molecular flexibility index (Phi) is 2.32. The van der Waals surface area contributed by atoms with Crippen LogP contribution in [0.5, 0.6) is 0 Å². The number of nitrogens with two attached hydrogens (primary N) is 1. The molecule has 3 nitrogen and oxygen atoms in total. The highest BCUT2D eigenvalue weighted by molar-refractivity contribution is 7.22. The van der Waals surface area contributed by atoms with Gasteiger partial charge in [-0.05, 0) is 23.6 Å². The summed E-state index contributed by atoms with van der Waals surface area (Å²) in [5, 5.41) is 4.31. The average molecular weight is 216 g/mol.